The van der Waals surface area contributed by atoms with Crippen LogP contribution in [0.2, 0.25) is 0 Å². The van der Waals surface area contributed by atoms with E-state index in [1.165, 1.54) is 12.1 Å². The fourth-order valence-corrected chi connectivity index (χ4v) is 4.68. The molecule has 0 aliphatic heterocycles. The molecule has 1 N–H and O–H groups in total. The number of nitrogens with zero attached hydrogens (tertiary/aromatic N) is 3. The minimum atomic E-state index is -1.09. The summed E-state index contributed by atoms with van der Waals surface area (Å²) in [5, 5.41) is 21.0. The average molecular weight is 366 g/mol. The van der Waals surface area contributed by atoms with Crippen molar-refractivity contribution in [1.82, 2.24) is 9.97 Å². The van der Waals surface area contributed by atoms with E-state index in [0.717, 1.165) is 12.1 Å². The Balaban J connectivity index is 0.00000182. The molecule has 2 aliphatic carbocycles. The largest absolute Gasteiger partial charge is 1.00 e. The Morgan fingerprint density at radius 2 is 1.80 bits per heavy atom. The number of hydrogen-bond acceptors (Lipinski definition) is 5. The predicted molar refractivity (Wildman–Crippen MR) is 85.9 cm³/mol. The first kappa shape index (κ1) is 18.8. The molecule has 1 aromatic carbocycles. The van der Waals surface area contributed by atoms with Crippen LogP contribution in [0, 0.1) is 15.5 Å². The number of aliphatic carboxylic acids is 1. The number of carbonyl (C=O) groups is 1. The molecule has 2 aliphatic rings. The molecule has 0 spiro atoms. The number of rotatable bonds is 2. The maximum absolute atomic E-state index is 12.2. The standard InChI is InChI=1S/C17H17N3O4.K/c1-15(2)16(3)6-7-17(15,14(21)22)13-12(16)18-10-5-4-9(20(23)24)8-11(10)19-13;/h4-5,8H,6-7H2,1-3H3,(H,21,22);/q;+1. The second kappa shape index (κ2) is 5.53. The molecule has 1 saturated carbocycles. The van der Waals surface area contributed by atoms with Crippen LogP contribution >= 0.6 is 0 Å². The van der Waals surface area contributed by atoms with Crippen LogP contribution in [0.25, 0.3) is 11.0 Å². The van der Waals surface area contributed by atoms with Gasteiger partial charge in [0.15, 0.2) is 0 Å². The third-order valence-corrected chi connectivity index (χ3v) is 6.60. The quantitative estimate of drug-likeness (QED) is 0.454. The van der Waals surface area contributed by atoms with Crippen LogP contribution in [0.15, 0.2) is 18.2 Å². The topological polar surface area (TPSA) is 106 Å². The van der Waals surface area contributed by atoms with E-state index in [1.54, 1.807) is 6.07 Å². The fourth-order valence-electron chi connectivity index (χ4n) is 4.68. The van der Waals surface area contributed by atoms with Crippen molar-refractivity contribution in [2.75, 3.05) is 0 Å². The number of benzene rings is 1. The monoisotopic (exact) mass is 366 g/mol. The number of carboxylic acid groups (broad SMARTS) is 1. The number of fused-ring (bicyclic) bond motifs is 6. The van der Waals surface area contributed by atoms with Crippen LogP contribution in [0.3, 0.4) is 0 Å². The van der Waals surface area contributed by atoms with Gasteiger partial charge in [-0.25, -0.2) is 9.97 Å². The van der Waals surface area contributed by atoms with Crippen molar-refractivity contribution >= 4 is 22.7 Å². The molecule has 7 nitrogen and oxygen atoms in total. The van der Waals surface area contributed by atoms with Gasteiger partial charge < -0.3 is 5.11 Å². The van der Waals surface area contributed by atoms with Crippen molar-refractivity contribution in [1.29, 1.82) is 0 Å². The van der Waals surface area contributed by atoms with Gasteiger partial charge in [-0.1, -0.05) is 20.8 Å². The summed E-state index contributed by atoms with van der Waals surface area (Å²) < 4.78 is 0. The van der Waals surface area contributed by atoms with Crippen LogP contribution in [0.1, 0.15) is 45.0 Å². The molecular weight excluding hydrogens is 349 g/mol. The molecule has 0 radical (unpaired) electrons. The molecule has 8 heteroatoms. The maximum atomic E-state index is 12.2. The summed E-state index contributed by atoms with van der Waals surface area (Å²) in [6.07, 6.45) is 1.25. The molecule has 1 fully saturated rings. The number of nitro benzene ring substituents is 1. The normalized spacial score (nSPS) is 28.4. The Morgan fingerprint density at radius 1 is 1.16 bits per heavy atom. The zero-order valence-electron chi connectivity index (χ0n) is 14.7. The Bertz CT molecular complexity index is 945. The molecule has 25 heavy (non-hydrogen) atoms. The summed E-state index contributed by atoms with van der Waals surface area (Å²) in [4.78, 5) is 32.0. The van der Waals surface area contributed by atoms with Gasteiger partial charge in [0.25, 0.3) is 5.69 Å². The molecule has 2 bridgehead atoms. The second-order valence-electron chi connectivity index (χ2n) is 7.52. The molecule has 1 aromatic heterocycles. The van der Waals surface area contributed by atoms with E-state index in [0.29, 0.717) is 23.1 Å². The summed E-state index contributed by atoms with van der Waals surface area (Å²) in [7, 11) is 0. The number of hydrogen-bond donors (Lipinski definition) is 1. The molecule has 0 amide bonds. The van der Waals surface area contributed by atoms with E-state index in [1.807, 2.05) is 13.8 Å². The first-order valence-corrected chi connectivity index (χ1v) is 7.86. The van der Waals surface area contributed by atoms with Crippen molar-refractivity contribution in [3.8, 4) is 0 Å². The number of aromatic nitrogens is 2. The zero-order valence-corrected chi connectivity index (χ0v) is 17.8. The van der Waals surface area contributed by atoms with E-state index in [4.69, 9.17) is 0 Å². The summed E-state index contributed by atoms with van der Waals surface area (Å²) in [5.74, 6) is -0.894. The van der Waals surface area contributed by atoms with Gasteiger partial charge in [-0.3, -0.25) is 14.9 Å². The summed E-state index contributed by atoms with van der Waals surface area (Å²) in [5.41, 5.74) is 0.0587. The van der Waals surface area contributed by atoms with Gasteiger partial charge in [-0.15, -0.1) is 0 Å². The van der Waals surface area contributed by atoms with E-state index < -0.39 is 21.7 Å². The SMILES string of the molecule is CC12CCC(C(=O)O)(c3nc4cc([N+](=O)[O-])ccc4nc31)C2(C)C.[K+]. The van der Waals surface area contributed by atoms with Gasteiger partial charge in [0.1, 0.15) is 5.41 Å². The van der Waals surface area contributed by atoms with Crippen molar-refractivity contribution in [3.63, 3.8) is 0 Å². The summed E-state index contributed by atoms with van der Waals surface area (Å²) >= 11 is 0. The van der Waals surface area contributed by atoms with Crippen molar-refractivity contribution in [3.05, 3.63) is 39.7 Å². The Kier molecular flexibility index (Phi) is 4.17. The second-order valence-corrected chi connectivity index (χ2v) is 7.52. The van der Waals surface area contributed by atoms with E-state index in [-0.39, 0.29) is 62.5 Å². The number of nitro groups is 1. The molecule has 1 heterocycles. The third-order valence-electron chi connectivity index (χ3n) is 6.60. The first-order chi connectivity index (χ1) is 11.1. The first-order valence-electron chi connectivity index (χ1n) is 7.86. The molecule has 124 valence electrons. The molecule has 2 unspecified atom stereocenters. The van der Waals surface area contributed by atoms with E-state index in [9.17, 15) is 20.0 Å². The van der Waals surface area contributed by atoms with Crippen molar-refractivity contribution < 1.29 is 66.2 Å². The Hall–Kier alpha value is -0.934. The van der Waals surface area contributed by atoms with Gasteiger partial charge in [-0.05, 0) is 24.3 Å². The van der Waals surface area contributed by atoms with Gasteiger partial charge in [0.05, 0.1) is 27.3 Å². The van der Waals surface area contributed by atoms with E-state index >= 15 is 0 Å². The van der Waals surface area contributed by atoms with Gasteiger partial charge >= 0.3 is 57.4 Å². The fraction of sp³-hybridized carbons (Fsp3) is 0.471. The van der Waals surface area contributed by atoms with Crippen LogP contribution in [0.5, 0.6) is 0 Å². The van der Waals surface area contributed by atoms with Crippen LogP contribution < -0.4 is 51.4 Å². The van der Waals surface area contributed by atoms with Gasteiger partial charge in [0.2, 0.25) is 0 Å². The van der Waals surface area contributed by atoms with Crippen LogP contribution in [-0.2, 0) is 15.6 Å². The van der Waals surface area contributed by atoms with Crippen LogP contribution in [0.4, 0.5) is 5.69 Å². The summed E-state index contributed by atoms with van der Waals surface area (Å²) in [6, 6.07) is 4.34. The minimum Gasteiger partial charge on any atom is -0.481 e. The Labute approximate surface area is 186 Å². The molecule has 2 atom stereocenters. The Morgan fingerprint density at radius 3 is 2.40 bits per heavy atom. The molecule has 0 saturated heterocycles. The number of non-ortho nitro benzene ring substituents is 1. The predicted octanol–water partition coefficient (Wildman–Crippen LogP) is -0.0443. The third kappa shape index (κ3) is 2.03. The maximum Gasteiger partial charge on any atom is 1.00 e. The van der Waals surface area contributed by atoms with Gasteiger partial charge in [0, 0.05) is 17.5 Å². The number of carboxylic acids is 1. The molecule has 4 rings (SSSR count). The van der Waals surface area contributed by atoms with Gasteiger partial charge in [-0.2, -0.15) is 0 Å². The summed E-state index contributed by atoms with van der Waals surface area (Å²) in [6.45, 7) is 5.98. The van der Waals surface area contributed by atoms with Crippen LogP contribution in [-0.4, -0.2) is 26.0 Å². The van der Waals surface area contributed by atoms with Crippen molar-refractivity contribution in [2.45, 2.75) is 44.4 Å². The van der Waals surface area contributed by atoms with Crippen molar-refractivity contribution in [2.24, 2.45) is 5.41 Å². The van der Waals surface area contributed by atoms with E-state index in [2.05, 4.69) is 16.9 Å². The minimum absolute atomic E-state index is 0. The smallest absolute Gasteiger partial charge is 0.481 e. The zero-order chi connectivity index (χ0) is 17.5. The average Bonchev–Trinajstić information content (AvgIpc) is 2.81. The molecule has 2 aromatic rings. The molecular formula is C17H17KN3O4+.